The van der Waals surface area contributed by atoms with Gasteiger partial charge in [0.15, 0.2) is 5.78 Å². The SMILES string of the molecule is CCCCCCCCCCCCCCCCCC(=O)[C@](N)(CCC(=O)[O-])C(=O)[O-].[Na+].[Na+]. The molecule has 0 amide bonds. The van der Waals surface area contributed by atoms with Gasteiger partial charge in [-0.05, 0) is 19.3 Å². The molecule has 0 saturated carbocycles. The van der Waals surface area contributed by atoms with Gasteiger partial charge in [0.1, 0.15) is 5.54 Å². The summed E-state index contributed by atoms with van der Waals surface area (Å²) in [4.78, 5) is 33.8. The Morgan fingerprint density at radius 3 is 1.32 bits per heavy atom. The van der Waals surface area contributed by atoms with Crippen LogP contribution < -0.4 is 75.1 Å². The Bertz CT molecular complexity index is 477. The van der Waals surface area contributed by atoms with E-state index < -0.39 is 36.1 Å². The molecule has 0 saturated heterocycles. The van der Waals surface area contributed by atoms with Crippen molar-refractivity contribution in [1.82, 2.24) is 0 Å². The van der Waals surface area contributed by atoms with Gasteiger partial charge in [0.2, 0.25) is 0 Å². The second kappa shape index (κ2) is 23.7. The summed E-state index contributed by atoms with van der Waals surface area (Å²) in [6.07, 6.45) is 17.0. The average Bonchev–Trinajstić information content (AvgIpc) is 2.68. The van der Waals surface area contributed by atoms with Crippen LogP contribution in [0.3, 0.4) is 0 Å². The van der Waals surface area contributed by atoms with Crippen LogP contribution in [0.4, 0.5) is 0 Å². The standard InChI is InChI=1S/C23H43NO5.2Na/c1-2-3-4-5-6-7-8-9-10-11-12-13-14-15-16-17-20(25)23(24,22(28)29)19-18-21(26)27;;/h2-19,24H2,1H3,(H,26,27)(H,28,29);;/q;2*+1/p-2/t23-;;/m1../s1. The van der Waals surface area contributed by atoms with E-state index in [0.29, 0.717) is 6.42 Å². The Hall–Kier alpha value is 0.570. The fraction of sp³-hybridized carbons (Fsp3) is 0.870. The normalized spacial score (nSPS) is 12.3. The molecule has 0 fully saturated rings. The molecule has 0 aliphatic carbocycles. The predicted molar refractivity (Wildman–Crippen MR) is 111 cm³/mol. The molecular weight excluding hydrogens is 416 g/mol. The van der Waals surface area contributed by atoms with Gasteiger partial charge in [0.25, 0.3) is 0 Å². The van der Waals surface area contributed by atoms with Crippen LogP contribution in [0.2, 0.25) is 0 Å². The molecule has 0 aromatic carbocycles. The molecule has 31 heavy (non-hydrogen) atoms. The van der Waals surface area contributed by atoms with E-state index in [1.165, 1.54) is 70.6 Å². The zero-order valence-electron chi connectivity index (χ0n) is 20.3. The van der Waals surface area contributed by atoms with Gasteiger partial charge < -0.3 is 25.5 Å². The number of hydrogen-bond donors (Lipinski definition) is 1. The second-order valence-corrected chi connectivity index (χ2v) is 8.25. The van der Waals surface area contributed by atoms with Crippen LogP contribution in [0.1, 0.15) is 122 Å². The number of carboxylic acids is 2. The van der Waals surface area contributed by atoms with Gasteiger partial charge in [0, 0.05) is 12.4 Å². The molecule has 2 N–H and O–H groups in total. The monoisotopic (exact) mass is 457 g/mol. The zero-order valence-corrected chi connectivity index (χ0v) is 24.3. The smallest absolute Gasteiger partial charge is 0.550 e. The van der Waals surface area contributed by atoms with Gasteiger partial charge >= 0.3 is 59.1 Å². The van der Waals surface area contributed by atoms with Crippen molar-refractivity contribution in [3.63, 3.8) is 0 Å². The summed E-state index contributed by atoms with van der Waals surface area (Å²) in [5.74, 6) is -3.81. The van der Waals surface area contributed by atoms with E-state index in [-0.39, 0.29) is 65.5 Å². The average molecular weight is 458 g/mol. The van der Waals surface area contributed by atoms with Crippen molar-refractivity contribution in [3.8, 4) is 0 Å². The van der Waals surface area contributed by atoms with Gasteiger partial charge in [-0.3, -0.25) is 4.79 Å². The summed E-state index contributed by atoms with van der Waals surface area (Å²) in [6.45, 7) is 2.24. The van der Waals surface area contributed by atoms with Crippen molar-refractivity contribution in [2.75, 3.05) is 0 Å². The number of carbonyl (C=O) groups is 3. The molecule has 0 rings (SSSR count). The van der Waals surface area contributed by atoms with Gasteiger partial charge in [-0.2, -0.15) is 0 Å². The molecule has 170 valence electrons. The summed E-state index contributed by atoms with van der Waals surface area (Å²) < 4.78 is 0. The minimum atomic E-state index is -2.23. The third-order valence-electron chi connectivity index (χ3n) is 5.59. The van der Waals surface area contributed by atoms with E-state index in [1.54, 1.807) is 0 Å². The maximum absolute atomic E-state index is 12.1. The minimum absolute atomic E-state index is 0. The van der Waals surface area contributed by atoms with E-state index in [4.69, 9.17) is 5.73 Å². The van der Waals surface area contributed by atoms with Gasteiger partial charge in [-0.1, -0.05) is 96.8 Å². The van der Waals surface area contributed by atoms with Crippen molar-refractivity contribution >= 4 is 17.7 Å². The van der Waals surface area contributed by atoms with Gasteiger partial charge in [0.05, 0.1) is 5.97 Å². The quantitative estimate of drug-likeness (QED) is 0.110. The van der Waals surface area contributed by atoms with Crippen LogP contribution in [-0.2, 0) is 14.4 Å². The van der Waals surface area contributed by atoms with Crippen molar-refractivity contribution in [2.24, 2.45) is 5.73 Å². The van der Waals surface area contributed by atoms with Gasteiger partial charge in [-0.15, -0.1) is 0 Å². The topological polar surface area (TPSA) is 123 Å². The molecule has 0 bridgehead atoms. The van der Waals surface area contributed by atoms with E-state index in [9.17, 15) is 24.6 Å². The number of carboxylic acid groups (broad SMARTS) is 2. The van der Waals surface area contributed by atoms with E-state index >= 15 is 0 Å². The van der Waals surface area contributed by atoms with Crippen molar-refractivity contribution in [1.29, 1.82) is 0 Å². The van der Waals surface area contributed by atoms with E-state index in [1.807, 2.05) is 0 Å². The zero-order chi connectivity index (χ0) is 22.0. The molecule has 0 radical (unpaired) electrons. The number of ketones is 1. The van der Waals surface area contributed by atoms with Crippen molar-refractivity contribution in [2.45, 2.75) is 128 Å². The van der Waals surface area contributed by atoms with Crippen LogP contribution in [0.25, 0.3) is 0 Å². The maximum atomic E-state index is 12.1. The first-order valence-electron chi connectivity index (χ1n) is 11.6. The van der Waals surface area contributed by atoms with Crippen LogP contribution >= 0.6 is 0 Å². The molecule has 0 aliphatic heterocycles. The number of hydrogen-bond acceptors (Lipinski definition) is 6. The molecule has 0 spiro atoms. The molecule has 8 heteroatoms. The van der Waals surface area contributed by atoms with Gasteiger partial charge in [-0.25, -0.2) is 0 Å². The van der Waals surface area contributed by atoms with Crippen LogP contribution in [0, 0.1) is 0 Å². The second-order valence-electron chi connectivity index (χ2n) is 8.25. The maximum Gasteiger partial charge on any atom is 1.00 e. The molecule has 0 aliphatic rings. The molecule has 0 aromatic heterocycles. The summed E-state index contributed by atoms with van der Waals surface area (Å²) in [7, 11) is 0. The first kappa shape index (κ1) is 36.1. The Labute approximate surface area is 233 Å². The minimum Gasteiger partial charge on any atom is -0.550 e. The Morgan fingerprint density at radius 2 is 1.00 bits per heavy atom. The van der Waals surface area contributed by atoms with Crippen molar-refractivity contribution < 1.29 is 83.7 Å². The fourth-order valence-corrected chi connectivity index (χ4v) is 3.53. The number of unbranched alkanes of at least 4 members (excludes halogenated alkanes) is 14. The Morgan fingerprint density at radius 1 is 0.645 bits per heavy atom. The summed E-state index contributed by atoms with van der Waals surface area (Å²) >= 11 is 0. The van der Waals surface area contributed by atoms with E-state index in [0.717, 1.165) is 19.3 Å². The Balaban J connectivity index is -0.00000392. The van der Waals surface area contributed by atoms with E-state index in [2.05, 4.69) is 6.92 Å². The summed E-state index contributed by atoms with van der Waals surface area (Å²) in [5.41, 5.74) is 3.36. The third-order valence-corrected chi connectivity index (χ3v) is 5.59. The van der Waals surface area contributed by atoms with Crippen LogP contribution in [0.15, 0.2) is 0 Å². The Kier molecular flexibility index (Phi) is 27.7. The predicted octanol–water partition coefficient (Wildman–Crippen LogP) is -3.20. The third kappa shape index (κ3) is 19.7. The number of nitrogens with two attached hydrogens (primary N) is 1. The molecule has 0 heterocycles. The first-order valence-corrected chi connectivity index (χ1v) is 11.6. The number of rotatable bonds is 21. The number of Topliss-reactive ketones (excluding diaryl/α,β-unsaturated/α-hetero) is 1. The first-order chi connectivity index (χ1) is 13.8. The van der Waals surface area contributed by atoms with Crippen molar-refractivity contribution in [3.05, 3.63) is 0 Å². The molecule has 0 aromatic rings. The number of aliphatic carboxylic acids is 2. The molecule has 1 atom stereocenters. The summed E-state index contributed by atoms with van der Waals surface area (Å²) in [5, 5.41) is 21.7. The molecular formula is C23H41NNa2O5. The van der Waals surface area contributed by atoms with Crippen LogP contribution in [-0.4, -0.2) is 23.3 Å². The van der Waals surface area contributed by atoms with Crippen LogP contribution in [0.5, 0.6) is 0 Å². The fourth-order valence-electron chi connectivity index (χ4n) is 3.53. The molecule has 6 nitrogen and oxygen atoms in total. The molecule has 0 unspecified atom stereocenters. The number of carbonyl (C=O) groups excluding carboxylic acids is 3. The largest absolute Gasteiger partial charge is 1.00 e. The summed E-state index contributed by atoms with van der Waals surface area (Å²) in [6, 6.07) is 0.